The van der Waals surface area contributed by atoms with Crippen LogP contribution in [-0.2, 0) is 6.54 Å². The molecule has 1 saturated carbocycles. The van der Waals surface area contributed by atoms with Crippen LogP contribution < -0.4 is 14.8 Å². The van der Waals surface area contributed by atoms with Gasteiger partial charge in [-0.25, -0.2) is 0 Å². The Hall–Kier alpha value is -2.15. The van der Waals surface area contributed by atoms with Crippen LogP contribution in [-0.4, -0.2) is 40.5 Å². The molecule has 7 nitrogen and oxygen atoms in total. The number of rotatable bonds is 6. The summed E-state index contributed by atoms with van der Waals surface area (Å²) < 4.78 is 12.3. The van der Waals surface area contributed by atoms with Crippen LogP contribution in [0.5, 0.6) is 11.5 Å². The van der Waals surface area contributed by atoms with Gasteiger partial charge in [0.25, 0.3) is 0 Å². The van der Waals surface area contributed by atoms with Gasteiger partial charge in [0.05, 0.1) is 20.8 Å². The third-order valence-corrected chi connectivity index (χ3v) is 3.28. The molecule has 0 atom stereocenters. The zero-order valence-corrected chi connectivity index (χ0v) is 11.5. The predicted molar refractivity (Wildman–Crippen MR) is 72.1 cm³/mol. The van der Waals surface area contributed by atoms with Gasteiger partial charge in [0, 0.05) is 12.1 Å². The number of methoxy groups -OCH3 is 2. The van der Waals surface area contributed by atoms with Gasteiger partial charge in [0.2, 0.25) is 0 Å². The summed E-state index contributed by atoms with van der Waals surface area (Å²) in [6.07, 6.45) is 2.46. The highest BCUT2D eigenvalue weighted by Crippen LogP contribution is 2.28. The molecular weight excluding hydrogens is 258 g/mol. The van der Waals surface area contributed by atoms with Gasteiger partial charge < -0.3 is 14.8 Å². The molecule has 0 unspecified atom stereocenters. The fourth-order valence-electron chi connectivity index (χ4n) is 1.99. The molecule has 2 aromatic rings. The summed E-state index contributed by atoms with van der Waals surface area (Å²) in [5.74, 6) is 2.17. The highest BCUT2D eigenvalue weighted by molar-refractivity contribution is 5.50. The molecule has 1 aromatic heterocycles. The van der Waals surface area contributed by atoms with Gasteiger partial charge in [-0.15, -0.1) is 5.10 Å². The first-order valence-corrected chi connectivity index (χ1v) is 6.55. The largest absolute Gasteiger partial charge is 0.497 e. The first-order valence-electron chi connectivity index (χ1n) is 6.55. The van der Waals surface area contributed by atoms with Crippen molar-refractivity contribution in [3.8, 4) is 17.2 Å². The van der Waals surface area contributed by atoms with Crippen molar-refractivity contribution in [2.75, 3.05) is 14.2 Å². The number of nitrogens with one attached hydrogen (secondary N) is 1. The average Bonchev–Trinajstić information content (AvgIpc) is 3.21. The highest BCUT2D eigenvalue weighted by atomic mass is 16.5. The number of benzene rings is 1. The molecule has 1 aliphatic carbocycles. The average molecular weight is 275 g/mol. The Bertz CT molecular complexity index is 594. The van der Waals surface area contributed by atoms with Crippen LogP contribution in [0.25, 0.3) is 5.69 Å². The maximum absolute atomic E-state index is 5.39. The van der Waals surface area contributed by atoms with Crippen LogP contribution in [0, 0.1) is 0 Å². The quantitative estimate of drug-likeness (QED) is 0.845. The summed E-state index contributed by atoms with van der Waals surface area (Å²) in [5.41, 5.74) is 0.797. The minimum Gasteiger partial charge on any atom is -0.497 e. The Morgan fingerprint density at radius 3 is 2.85 bits per heavy atom. The SMILES string of the molecule is COc1ccc(-n2nnnc2CNC2CC2)c(OC)c1. The van der Waals surface area contributed by atoms with E-state index in [1.54, 1.807) is 18.9 Å². The van der Waals surface area contributed by atoms with E-state index < -0.39 is 0 Å². The number of hydrogen-bond donors (Lipinski definition) is 1. The second-order valence-electron chi connectivity index (χ2n) is 4.70. The van der Waals surface area contributed by atoms with E-state index in [1.165, 1.54) is 12.8 Å². The summed E-state index contributed by atoms with van der Waals surface area (Å²) in [5, 5.41) is 15.3. The van der Waals surface area contributed by atoms with Crippen molar-refractivity contribution in [2.24, 2.45) is 0 Å². The normalized spacial score (nSPS) is 14.3. The van der Waals surface area contributed by atoms with Gasteiger partial charge in [-0.2, -0.15) is 4.68 Å². The lowest BCUT2D eigenvalue weighted by atomic mass is 10.2. The summed E-state index contributed by atoms with van der Waals surface area (Å²) in [6, 6.07) is 6.17. The van der Waals surface area contributed by atoms with Gasteiger partial charge in [0.1, 0.15) is 17.2 Å². The summed E-state index contributed by atoms with van der Waals surface area (Å²) in [4.78, 5) is 0. The van der Waals surface area contributed by atoms with Gasteiger partial charge in [-0.3, -0.25) is 0 Å². The molecule has 0 aliphatic heterocycles. The number of hydrogen-bond acceptors (Lipinski definition) is 6. The predicted octanol–water partition coefficient (Wildman–Crippen LogP) is 0.931. The van der Waals surface area contributed by atoms with Crippen LogP contribution in [0.2, 0.25) is 0 Å². The van der Waals surface area contributed by atoms with Crippen LogP contribution in [0.1, 0.15) is 18.7 Å². The zero-order valence-electron chi connectivity index (χ0n) is 11.5. The summed E-state index contributed by atoms with van der Waals surface area (Å²) >= 11 is 0. The van der Waals surface area contributed by atoms with Crippen LogP contribution in [0.3, 0.4) is 0 Å². The first kappa shape index (κ1) is 12.9. The Kier molecular flexibility index (Phi) is 3.51. The monoisotopic (exact) mass is 275 g/mol. The van der Waals surface area contributed by atoms with Gasteiger partial charge in [-0.1, -0.05) is 0 Å². The number of aromatic nitrogens is 4. The molecule has 0 bridgehead atoms. The molecule has 1 aromatic carbocycles. The third kappa shape index (κ3) is 2.57. The Balaban J connectivity index is 1.89. The maximum Gasteiger partial charge on any atom is 0.170 e. The van der Waals surface area contributed by atoms with Crippen LogP contribution in [0.15, 0.2) is 18.2 Å². The topological polar surface area (TPSA) is 74.1 Å². The molecule has 0 spiro atoms. The third-order valence-electron chi connectivity index (χ3n) is 3.28. The fraction of sp³-hybridized carbons (Fsp3) is 0.462. The molecule has 0 saturated heterocycles. The Labute approximate surface area is 116 Å². The van der Waals surface area contributed by atoms with Crippen molar-refractivity contribution in [3.05, 3.63) is 24.0 Å². The van der Waals surface area contributed by atoms with E-state index >= 15 is 0 Å². The first-order chi connectivity index (χ1) is 9.81. The smallest absolute Gasteiger partial charge is 0.170 e. The van der Waals surface area contributed by atoms with Crippen molar-refractivity contribution in [3.63, 3.8) is 0 Å². The number of ether oxygens (including phenoxy) is 2. The highest BCUT2D eigenvalue weighted by Gasteiger charge is 2.22. The van der Waals surface area contributed by atoms with E-state index in [9.17, 15) is 0 Å². The summed E-state index contributed by atoms with van der Waals surface area (Å²) in [6.45, 7) is 0.646. The van der Waals surface area contributed by atoms with E-state index in [0.717, 1.165) is 17.3 Å². The second-order valence-corrected chi connectivity index (χ2v) is 4.70. The van der Waals surface area contributed by atoms with Crippen molar-refractivity contribution in [1.29, 1.82) is 0 Å². The van der Waals surface area contributed by atoms with Gasteiger partial charge >= 0.3 is 0 Å². The van der Waals surface area contributed by atoms with E-state index in [4.69, 9.17) is 9.47 Å². The lowest BCUT2D eigenvalue weighted by Crippen LogP contribution is -2.19. The second kappa shape index (κ2) is 5.46. The molecule has 1 fully saturated rings. The van der Waals surface area contributed by atoms with Crippen molar-refractivity contribution in [1.82, 2.24) is 25.5 Å². The van der Waals surface area contributed by atoms with Crippen molar-refractivity contribution in [2.45, 2.75) is 25.4 Å². The fourth-order valence-corrected chi connectivity index (χ4v) is 1.99. The molecule has 0 radical (unpaired) electrons. The van der Waals surface area contributed by atoms with Crippen molar-refractivity contribution < 1.29 is 9.47 Å². The molecule has 7 heteroatoms. The molecular formula is C13H17N5O2. The van der Waals surface area contributed by atoms with Gasteiger partial charge in [0.15, 0.2) is 5.82 Å². The molecule has 0 amide bonds. The zero-order chi connectivity index (χ0) is 13.9. The standard InChI is InChI=1S/C13H17N5O2/c1-19-10-5-6-11(12(7-10)20-2)18-13(15-16-17-18)8-14-9-3-4-9/h5-7,9,14H,3-4,8H2,1-2H3. The van der Waals surface area contributed by atoms with Crippen molar-refractivity contribution >= 4 is 0 Å². The molecule has 106 valence electrons. The maximum atomic E-state index is 5.39. The molecule has 1 N–H and O–H groups in total. The van der Waals surface area contributed by atoms with Crippen LogP contribution >= 0.6 is 0 Å². The summed E-state index contributed by atoms with van der Waals surface area (Å²) in [7, 11) is 3.24. The molecule has 1 aliphatic rings. The van der Waals surface area contributed by atoms with E-state index in [0.29, 0.717) is 18.3 Å². The Morgan fingerprint density at radius 1 is 1.30 bits per heavy atom. The minimum atomic E-state index is 0.609. The van der Waals surface area contributed by atoms with E-state index in [2.05, 4.69) is 20.8 Å². The van der Waals surface area contributed by atoms with Crippen LogP contribution in [0.4, 0.5) is 0 Å². The number of nitrogens with zero attached hydrogens (tertiary/aromatic N) is 4. The van der Waals surface area contributed by atoms with E-state index in [-0.39, 0.29) is 0 Å². The van der Waals surface area contributed by atoms with E-state index in [1.807, 2.05) is 18.2 Å². The number of tetrazole rings is 1. The molecule has 3 rings (SSSR count). The molecule has 1 heterocycles. The lowest BCUT2D eigenvalue weighted by Gasteiger charge is -2.11. The minimum absolute atomic E-state index is 0.609. The Morgan fingerprint density at radius 2 is 2.15 bits per heavy atom. The molecule has 20 heavy (non-hydrogen) atoms. The van der Waals surface area contributed by atoms with Gasteiger partial charge in [-0.05, 0) is 35.4 Å². The lowest BCUT2D eigenvalue weighted by molar-refractivity contribution is 0.392.